The van der Waals surface area contributed by atoms with Crippen molar-refractivity contribution in [3.8, 4) is 5.75 Å². The quantitative estimate of drug-likeness (QED) is 0.0195. The summed E-state index contributed by atoms with van der Waals surface area (Å²) in [5.41, 5.74) is 14.1. The summed E-state index contributed by atoms with van der Waals surface area (Å²) in [4.78, 5) is 74.7. The molecule has 0 heterocycles. The molecule has 5 amide bonds. The Kier molecular flexibility index (Phi) is 17.4. The van der Waals surface area contributed by atoms with E-state index >= 15 is 0 Å². The van der Waals surface area contributed by atoms with Crippen molar-refractivity contribution in [1.82, 2.24) is 16.0 Å². The predicted molar refractivity (Wildman–Crippen MR) is 176 cm³/mol. The number of carbonyl (C=O) groups is 5. The van der Waals surface area contributed by atoms with Crippen molar-refractivity contribution < 1.29 is 47.8 Å². The van der Waals surface area contributed by atoms with Gasteiger partial charge >= 0.3 is 18.3 Å². The van der Waals surface area contributed by atoms with Crippen molar-refractivity contribution in [2.24, 2.45) is 16.8 Å². The fraction of sp³-hybridized carbons (Fsp3) is 0.433. The van der Waals surface area contributed by atoms with E-state index in [0.717, 1.165) is 0 Å². The van der Waals surface area contributed by atoms with Crippen molar-refractivity contribution in [1.29, 1.82) is 0 Å². The Morgan fingerprint density at radius 3 is 2.28 bits per heavy atom. The molecule has 0 saturated carbocycles. The number of benzene rings is 2. The molecule has 0 aliphatic heterocycles. The van der Waals surface area contributed by atoms with Crippen molar-refractivity contribution in [3.05, 3.63) is 74.7 Å². The summed E-state index contributed by atoms with van der Waals surface area (Å²) in [6, 6.07) is 8.21. The normalized spacial score (nSPS) is 11.6. The number of nitro groups is 1. The van der Waals surface area contributed by atoms with Gasteiger partial charge in [-0.05, 0) is 54.1 Å². The van der Waals surface area contributed by atoms with Gasteiger partial charge in [-0.15, -0.1) is 0 Å². The number of nitrogens with zero attached hydrogens (tertiary/aromatic N) is 4. The minimum Gasteiger partial charge on any atom is -0.447 e. The Morgan fingerprint density at radius 1 is 0.960 bits per heavy atom. The number of hydrogen-bond acceptors (Lipinski definition) is 12. The van der Waals surface area contributed by atoms with E-state index in [1.807, 2.05) is 0 Å². The van der Waals surface area contributed by atoms with Gasteiger partial charge in [0.25, 0.3) is 5.69 Å². The second-order valence-electron chi connectivity index (χ2n) is 10.6. The lowest BCUT2D eigenvalue weighted by Gasteiger charge is -2.25. The minimum absolute atomic E-state index is 0.0410. The van der Waals surface area contributed by atoms with Gasteiger partial charge in [-0.25, -0.2) is 14.4 Å². The van der Waals surface area contributed by atoms with E-state index in [1.165, 1.54) is 24.3 Å². The SMILES string of the molecule is CC(C)[C@H](NC(=O)OCCOCCN=[N+]=[N-])C(=O)N[C@@H](CCCNC(N)=O)C(=O)Nc1ccc(COC(=O)Oc2ccc([N+](=O)[O-])cc2)cc1. The van der Waals surface area contributed by atoms with Crippen LogP contribution in [0.1, 0.15) is 32.3 Å². The summed E-state index contributed by atoms with van der Waals surface area (Å²) >= 11 is 0. The van der Waals surface area contributed by atoms with Crippen LogP contribution in [0.5, 0.6) is 5.75 Å². The van der Waals surface area contributed by atoms with E-state index in [1.54, 1.807) is 38.1 Å². The molecule has 0 radical (unpaired) electrons. The molecule has 2 aromatic carbocycles. The molecule has 20 heteroatoms. The first-order valence-electron chi connectivity index (χ1n) is 15.2. The monoisotopic (exact) mass is 701 g/mol. The average molecular weight is 702 g/mol. The van der Waals surface area contributed by atoms with Crippen molar-refractivity contribution in [3.63, 3.8) is 0 Å². The number of azide groups is 1. The van der Waals surface area contributed by atoms with Gasteiger partial charge in [0.1, 0.15) is 31.0 Å². The number of urea groups is 1. The van der Waals surface area contributed by atoms with Crippen LogP contribution in [0.2, 0.25) is 0 Å². The number of nitro benzene ring substituents is 1. The van der Waals surface area contributed by atoms with Crippen LogP contribution in [-0.2, 0) is 30.4 Å². The van der Waals surface area contributed by atoms with Crippen LogP contribution >= 0.6 is 0 Å². The molecule has 2 aromatic rings. The molecule has 0 spiro atoms. The standard InChI is InChI=1S/C30H39N9O11/c1-19(2)25(37-29(43)48-17-16-47-15-14-34-38-32)27(41)36-24(4-3-13-33-28(31)42)26(40)35-21-7-5-20(6-8-21)18-49-30(44)50-23-11-9-22(10-12-23)39(45)46/h5-12,19,24-25H,3-4,13-18H2,1-2H3,(H,35,40)(H,36,41)(H,37,43)(H3,31,33,42)/t24-,25-/m0/s1. The maximum Gasteiger partial charge on any atom is 0.514 e. The lowest BCUT2D eigenvalue weighted by molar-refractivity contribution is -0.384. The van der Waals surface area contributed by atoms with Crippen LogP contribution in [0.25, 0.3) is 10.4 Å². The highest BCUT2D eigenvalue weighted by Crippen LogP contribution is 2.18. The highest BCUT2D eigenvalue weighted by molar-refractivity contribution is 5.98. The minimum atomic E-state index is -1.09. The first-order valence-corrected chi connectivity index (χ1v) is 15.2. The fourth-order valence-corrected chi connectivity index (χ4v) is 4.01. The van der Waals surface area contributed by atoms with Crippen molar-refractivity contribution >= 4 is 41.5 Å². The van der Waals surface area contributed by atoms with Crippen molar-refractivity contribution in [2.45, 2.75) is 45.4 Å². The molecule has 0 unspecified atom stereocenters. The summed E-state index contributed by atoms with van der Waals surface area (Å²) < 4.78 is 20.3. The number of carbonyl (C=O) groups excluding carboxylic acids is 5. The van der Waals surface area contributed by atoms with Gasteiger partial charge < -0.3 is 45.9 Å². The summed E-state index contributed by atoms with van der Waals surface area (Å²) in [5, 5.41) is 24.3. The number of hydrogen-bond donors (Lipinski definition) is 5. The zero-order valence-electron chi connectivity index (χ0n) is 27.4. The van der Waals surface area contributed by atoms with E-state index in [2.05, 4.69) is 31.3 Å². The van der Waals surface area contributed by atoms with Crippen LogP contribution in [0.3, 0.4) is 0 Å². The molecule has 20 nitrogen and oxygen atoms in total. The molecule has 0 aliphatic carbocycles. The zero-order valence-corrected chi connectivity index (χ0v) is 27.4. The number of anilines is 1. The largest absolute Gasteiger partial charge is 0.514 e. The summed E-state index contributed by atoms with van der Waals surface area (Å²) in [6.07, 6.45) is -1.54. The van der Waals surface area contributed by atoms with Crippen molar-refractivity contribution in [2.75, 3.05) is 38.2 Å². The van der Waals surface area contributed by atoms with Gasteiger partial charge in [0.2, 0.25) is 11.8 Å². The second kappa shape index (κ2) is 21.7. The summed E-state index contributed by atoms with van der Waals surface area (Å²) in [5.74, 6) is -1.58. The van der Waals surface area contributed by atoms with Gasteiger partial charge in [-0.2, -0.15) is 0 Å². The van der Waals surface area contributed by atoms with Crippen LogP contribution in [0.4, 0.5) is 25.8 Å². The number of nitrogens with two attached hydrogens (primary N) is 1. The maximum absolute atomic E-state index is 13.3. The molecular weight excluding hydrogens is 662 g/mol. The Morgan fingerprint density at radius 2 is 1.66 bits per heavy atom. The molecule has 0 aromatic heterocycles. The third-order valence-corrected chi connectivity index (χ3v) is 6.51. The highest BCUT2D eigenvalue weighted by atomic mass is 16.7. The molecule has 0 fully saturated rings. The van der Waals surface area contributed by atoms with E-state index in [9.17, 15) is 34.1 Å². The second-order valence-corrected chi connectivity index (χ2v) is 10.6. The van der Waals surface area contributed by atoms with Crippen LogP contribution in [0, 0.1) is 16.0 Å². The zero-order chi connectivity index (χ0) is 36.9. The van der Waals surface area contributed by atoms with Crippen LogP contribution in [0.15, 0.2) is 53.6 Å². The lowest BCUT2D eigenvalue weighted by atomic mass is 10.0. The number of amides is 5. The first kappa shape index (κ1) is 40.0. The topological polar surface area (TPSA) is 288 Å². The highest BCUT2D eigenvalue weighted by Gasteiger charge is 2.29. The molecule has 6 N–H and O–H groups in total. The molecule has 0 aliphatic rings. The van der Waals surface area contributed by atoms with E-state index in [4.69, 9.17) is 30.2 Å². The van der Waals surface area contributed by atoms with Crippen LogP contribution < -0.4 is 31.7 Å². The Bertz CT molecular complexity index is 1500. The smallest absolute Gasteiger partial charge is 0.447 e. The van der Waals surface area contributed by atoms with Gasteiger partial charge in [0.05, 0.1) is 18.1 Å². The third kappa shape index (κ3) is 15.6. The van der Waals surface area contributed by atoms with Gasteiger partial charge in [0.15, 0.2) is 0 Å². The number of ether oxygens (including phenoxy) is 4. The molecule has 2 atom stereocenters. The van der Waals surface area contributed by atoms with Crippen LogP contribution in [-0.4, -0.2) is 80.0 Å². The number of alkyl carbamates (subject to hydrolysis) is 1. The first-order chi connectivity index (χ1) is 23.9. The number of non-ortho nitro benzene ring substituents is 1. The van der Waals surface area contributed by atoms with E-state index in [-0.39, 0.29) is 63.8 Å². The lowest BCUT2D eigenvalue weighted by Crippen LogP contribution is -2.54. The van der Waals surface area contributed by atoms with Gasteiger partial charge in [0, 0.05) is 35.8 Å². The molecule has 270 valence electrons. The average Bonchev–Trinajstić information content (AvgIpc) is 3.07. The maximum atomic E-state index is 13.3. The van der Waals surface area contributed by atoms with Gasteiger partial charge in [-0.3, -0.25) is 19.7 Å². The molecular formula is C30H39N9O11. The Labute approximate surface area is 286 Å². The summed E-state index contributed by atoms with van der Waals surface area (Å²) in [7, 11) is 0. The molecule has 2 rings (SSSR count). The fourth-order valence-electron chi connectivity index (χ4n) is 4.01. The number of primary amides is 1. The molecule has 0 bridgehead atoms. The van der Waals surface area contributed by atoms with E-state index in [0.29, 0.717) is 11.3 Å². The molecule has 50 heavy (non-hydrogen) atoms. The van der Waals surface area contributed by atoms with Gasteiger partial charge in [-0.1, -0.05) is 31.1 Å². The molecule has 0 saturated heterocycles. The predicted octanol–water partition coefficient (Wildman–Crippen LogP) is 3.26. The number of nitrogens with one attached hydrogen (secondary N) is 4. The third-order valence-electron chi connectivity index (χ3n) is 6.51. The Balaban J connectivity index is 1.96. The summed E-state index contributed by atoms with van der Waals surface area (Å²) in [6.45, 7) is 3.53. The number of rotatable bonds is 20. The van der Waals surface area contributed by atoms with E-state index < -0.39 is 53.0 Å². The Hall–Kier alpha value is -6.14.